The second-order valence-electron chi connectivity index (χ2n) is 7.16. The lowest BCUT2D eigenvalue weighted by atomic mass is 9.97. The number of aryl methyl sites for hydroxylation is 2. The number of aliphatic hydroxyl groups excluding tert-OH is 1. The van der Waals surface area contributed by atoms with E-state index in [1.165, 1.54) is 22.7 Å². The van der Waals surface area contributed by atoms with Crippen LogP contribution in [-0.4, -0.2) is 28.8 Å². The molecule has 5 nitrogen and oxygen atoms in total. The highest BCUT2D eigenvalue weighted by molar-refractivity contribution is 7.10. The Hall–Kier alpha value is -2.90. The van der Waals surface area contributed by atoms with Gasteiger partial charge in [-0.15, -0.1) is 22.7 Å². The summed E-state index contributed by atoms with van der Waals surface area (Å²) in [7, 11) is 1.58. The Morgan fingerprint density at radius 1 is 1.10 bits per heavy atom. The number of carbonyl (C=O) groups excluding carboxylic acids is 2. The highest BCUT2D eigenvalue weighted by Crippen LogP contribution is 2.43. The molecule has 0 aliphatic carbocycles. The standard InChI is InChI=1S/C23H21NO4S2/c1-13-8-10-30-22(13)19-18(20(25)15-6-7-17(28-3)14(2)11-15)21(26)23(27)24(19)12-16-5-4-9-29-16/h4-11,19,25H,12H2,1-3H3/b20-18-. The maximum Gasteiger partial charge on any atom is 0.296 e. The summed E-state index contributed by atoms with van der Waals surface area (Å²) >= 11 is 3.02. The topological polar surface area (TPSA) is 66.8 Å². The van der Waals surface area contributed by atoms with E-state index < -0.39 is 17.7 Å². The molecule has 0 radical (unpaired) electrons. The monoisotopic (exact) mass is 439 g/mol. The summed E-state index contributed by atoms with van der Waals surface area (Å²) in [6.45, 7) is 4.14. The molecule has 3 heterocycles. The van der Waals surface area contributed by atoms with E-state index in [1.54, 1.807) is 30.2 Å². The summed E-state index contributed by atoms with van der Waals surface area (Å²) in [5.74, 6) is -0.718. The third-order valence-corrected chi connectivity index (χ3v) is 7.20. The predicted molar refractivity (Wildman–Crippen MR) is 119 cm³/mol. The summed E-state index contributed by atoms with van der Waals surface area (Å²) in [5, 5.41) is 15.0. The molecule has 30 heavy (non-hydrogen) atoms. The number of ether oxygens (including phenoxy) is 1. The third kappa shape index (κ3) is 3.44. The maximum atomic E-state index is 13.1. The average Bonchev–Trinajstić information content (AvgIpc) is 3.45. The molecule has 1 atom stereocenters. The Labute approximate surface area is 182 Å². The molecule has 1 aliphatic heterocycles. The first kappa shape index (κ1) is 20.4. The van der Waals surface area contributed by atoms with Crippen molar-refractivity contribution in [2.24, 2.45) is 0 Å². The molecule has 0 bridgehead atoms. The largest absolute Gasteiger partial charge is 0.507 e. The van der Waals surface area contributed by atoms with Crippen LogP contribution < -0.4 is 4.74 Å². The van der Waals surface area contributed by atoms with Crippen LogP contribution >= 0.6 is 22.7 Å². The number of nitrogens with zero attached hydrogens (tertiary/aromatic N) is 1. The first-order valence-corrected chi connectivity index (χ1v) is 11.2. The van der Waals surface area contributed by atoms with E-state index in [-0.39, 0.29) is 11.3 Å². The minimum Gasteiger partial charge on any atom is -0.507 e. The highest BCUT2D eigenvalue weighted by atomic mass is 32.1. The van der Waals surface area contributed by atoms with Gasteiger partial charge in [0.2, 0.25) is 0 Å². The molecule has 154 valence electrons. The average molecular weight is 440 g/mol. The van der Waals surface area contributed by atoms with Crippen LogP contribution in [0.2, 0.25) is 0 Å². The third-order valence-electron chi connectivity index (χ3n) is 5.26. The molecule has 3 aromatic rings. The Bertz CT molecular complexity index is 1140. The second-order valence-corrected chi connectivity index (χ2v) is 9.14. The first-order chi connectivity index (χ1) is 14.4. The van der Waals surface area contributed by atoms with E-state index in [4.69, 9.17) is 4.74 Å². The number of ketones is 1. The Morgan fingerprint density at radius 3 is 2.50 bits per heavy atom. The molecule has 1 fully saturated rings. The van der Waals surface area contributed by atoms with Gasteiger partial charge in [-0.3, -0.25) is 9.59 Å². The zero-order valence-electron chi connectivity index (χ0n) is 16.8. The van der Waals surface area contributed by atoms with Crippen molar-refractivity contribution in [3.8, 4) is 5.75 Å². The lowest BCUT2D eigenvalue weighted by Crippen LogP contribution is -2.28. The van der Waals surface area contributed by atoms with Crippen molar-refractivity contribution in [2.75, 3.05) is 7.11 Å². The van der Waals surface area contributed by atoms with E-state index in [0.29, 0.717) is 17.9 Å². The maximum absolute atomic E-state index is 13.1. The molecule has 7 heteroatoms. The number of thiophene rings is 2. The van der Waals surface area contributed by atoms with Gasteiger partial charge in [0.25, 0.3) is 11.7 Å². The minimum atomic E-state index is -0.657. The van der Waals surface area contributed by atoms with Gasteiger partial charge in [-0.05, 0) is 66.1 Å². The molecular formula is C23H21NO4S2. The summed E-state index contributed by atoms with van der Waals surface area (Å²) < 4.78 is 5.29. The fraction of sp³-hybridized carbons (Fsp3) is 0.217. The highest BCUT2D eigenvalue weighted by Gasteiger charge is 2.47. The summed E-state index contributed by atoms with van der Waals surface area (Å²) in [6.07, 6.45) is 0. The lowest BCUT2D eigenvalue weighted by molar-refractivity contribution is -0.140. The number of Topliss-reactive ketones (excluding diaryl/α,β-unsaturated/α-hetero) is 1. The molecule has 1 unspecified atom stereocenters. The van der Waals surface area contributed by atoms with E-state index >= 15 is 0 Å². The van der Waals surface area contributed by atoms with Crippen molar-refractivity contribution < 1.29 is 19.4 Å². The molecule has 2 aromatic heterocycles. The van der Waals surface area contributed by atoms with Crippen LogP contribution in [-0.2, 0) is 16.1 Å². The molecule has 1 aliphatic rings. The van der Waals surface area contributed by atoms with E-state index in [9.17, 15) is 14.7 Å². The predicted octanol–water partition coefficient (Wildman–Crippen LogP) is 5.06. The van der Waals surface area contributed by atoms with Gasteiger partial charge in [-0.25, -0.2) is 0 Å². The first-order valence-electron chi connectivity index (χ1n) is 9.42. The number of hydrogen-bond donors (Lipinski definition) is 1. The van der Waals surface area contributed by atoms with E-state index in [1.807, 2.05) is 42.8 Å². The van der Waals surface area contributed by atoms with Crippen molar-refractivity contribution >= 4 is 40.1 Å². The summed E-state index contributed by atoms with van der Waals surface area (Å²) in [5.41, 5.74) is 2.44. The van der Waals surface area contributed by atoms with Crippen molar-refractivity contribution in [3.05, 3.63) is 79.2 Å². The van der Waals surface area contributed by atoms with Gasteiger partial charge in [0.1, 0.15) is 17.6 Å². The number of carbonyl (C=O) groups is 2. The van der Waals surface area contributed by atoms with Crippen LogP contribution in [0.3, 0.4) is 0 Å². The van der Waals surface area contributed by atoms with Crippen molar-refractivity contribution in [1.82, 2.24) is 4.90 Å². The normalized spacial score (nSPS) is 18.2. The number of aliphatic hydroxyl groups is 1. The quantitative estimate of drug-likeness (QED) is 0.343. The van der Waals surface area contributed by atoms with Crippen LogP contribution in [0.15, 0.2) is 52.7 Å². The minimum absolute atomic E-state index is 0.131. The number of hydrogen-bond acceptors (Lipinski definition) is 6. The second kappa shape index (κ2) is 8.08. The molecular weight excluding hydrogens is 418 g/mol. The number of likely N-dealkylation sites (tertiary alicyclic amines) is 1. The van der Waals surface area contributed by atoms with E-state index in [0.717, 1.165) is 20.9 Å². The molecule has 1 aromatic carbocycles. The number of rotatable bonds is 5. The number of amides is 1. The molecule has 4 rings (SSSR count). The van der Waals surface area contributed by atoms with Gasteiger partial charge < -0.3 is 14.7 Å². The number of methoxy groups -OCH3 is 1. The van der Waals surface area contributed by atoms with Crippen molar-refractivity contribution in [2.45, 2.75) is 26.4 Å². The van der Waals surface area contributed by atoms with Gasteiger partial charge in [-0.1, -0.05) is 6.07 Å². The summed E-state index contributed by atoms with van der Waals surface area (Å²) in [4.78, 5) is 29.5. The molecule has 0 saturated carbocycles. The Kier molecular flexibility index (Phi) is 5.49. The Morgan fingerprint density at radius 2 is 1.90 bits per heavy atom. The lowest BCUT2D eigenvalue weighted by Gasteiger charge is -2.24. The van der Waals surface area contributed by atoms with Gasteiger partial charge in [-0.2, -0.15) is 0 Å². The molecule has 1 N–H and O–H groups in total. The smallest absolute Gasteiger partial charge is 0.296 e. The zero-order valence-corrected chi connectivity index (χ0v) is 18.5. The number of benzene rings is 1. The SMILES string of the molecule is COc1ccc(/C(O)=C2/C(=O)C(=O)N(Cc3cccs3)C2c2sccc2C)cc1C. The van der Waals surface area contributed by atoms with E-state index in [2.05, 4.69) is 0 Å². The van der Waals surface area contributed by atoms with Crippen LogP contribution in [0.1, 0.15) is 32.5 Å². The van der Waals surface area contributed by atoms with Gasteiger partial charge in [0.15, 0.2) is 0 Å². The fourth-order valence-corrected chi connectivity index (χ4v) is 5.48. The molecule has 1 amide bonds. The van der Waals surface area contributed by atoms with Crippen LogP contribution in [0.4, 0.5) is 0 Å². The van der Waals surface area contributed by atoms with Gasteiger partial charge in [0, 0.05) is 15.3 Å². The van der Waals surface area contributed by atoms with Crippen LogP contribution in [0.25, 0.3) is 5.76 Å². The van der Waals surface area contributed by atoms with Gasteiger partial charge in [0.05, 0.1) is 19.2 Å². The van der Waals surface area contributed by atoms with Crippen molar-refractivity contribution in [1.29, 1.82) is 0 Å². The van der Waals surface area contributed by atoms with Crippen LogP contribution in [0.5, 0.6) is 5.75 Å². The van der Waals surface area contributed by atoms with Crippen LogP contribution in [0, 0.1) is 13.8 Å². The zero-order chi connectivity index (χ0) is 21.4. The van der Waals surface area contributed by atoms with Gasteiger partial charge >= 0.3 is 0 Å². The molecule has 1 saturated heterocycles. The fourth-order valence-electron chi connectivity index (χ4n) is 3.73. The molecule has 0 spiro atoms. The Balaban J connectivity index is 1.87. The summed E-state index contributed by atoms with van der Waals surface area (Å²) in [6, 6.07) is 10.4. The van der Waals surface area contributed by atoms with Crippen molar-refractivity contribution in [3.63, 3.8) is 0 Å².